The molecule has 0 saturated heterocycles. The Labute approximate surface area is 108 Å². The molecule has 0 bridgehead atoms. The number of hydrogen-bond donors (Lipinski definition) is 1. The van der Waals surface area contributed by atoms with Gasteiger partial charge in [-0.2, -0.15) is 0 Å². The van der Waals surface area contributed by atoms with Gasteiger partial charge in [0.2, 0.25) is 0 Å². The van der Waals surface area contributed by atoms with Crippen LogP contribution in [-0.4, -0.2) is 11.9 Å². The minimum Gasteiger partial charge on any atom is -0.349 e. The van der Waals surface area contributed by atoms with Crippen molar-refractivity contribution in [3.63, 3.8) is 0 Å². The highest BCUT2D eigenvalue weighted by Crippen LogP contribution is 2.23. The molecular weight excluding hydrogens is 262 g/mol. The molecule has 0 saturated carbocycles. The van der Waals surface area contributed by atoms with Crippen molar-refractivity contribution in [2.24, 2.45) is 5.92 Å². The van der Waals surface area contributed by atoms with Gasteiger partial charge in [0.1, 0.15) is 5.56 Å². The Hall–Kier alpha value is -1.59. The third kappa shape index (κ3) is 2.88. The molecular formula is C13H15F4NO. The van der Waals surface area contributed by atoms with Gasteiger partial charge in [0.15, 0.2) is 23.3 Å². The topological polar surface area (TPSA) is 29.1 Å². The average molecular weight is 277 g/mol. The zero-order valence-electron chi connectivity index (χ0n) is 11.1. The summed E-state index contributed by atoms with van der Waals surface area (Å²) in [5, 5.41) is 2.30. The van der Waals surface area contributed by atoms with Gasteiger partial charge in [-0.05, 0) is 19.8 Å². The maximum absolute atomic E-state index is 13.6. The largest absolute Gasteiger partial charge is 0.349 e. The Morgan fingerprint density at radius 3 is 1.74 bits per heavy atom. The monoisotopic (exact) mass is 277 g/mol. The molecule has 0 fully saturated rings. The van der Waals surface area contributed by atoms with Gasteiger partial charge < -0.3 is 5.32 Å². The molecule has 2 nitrogen and oxygen atoms in total. The number of benzene rings is 1. The van der Waals surface area contributed by atoms with Crippen LogP contribution in [0.1, 0.15) is 36.7 Å². The number of hydrogen-bond acceptors (Lipinski definition) is 1. The fourth-order valence-corrected chi connectivity index (χ4v) is 1.39. The Morgan fingerprint density at radius 2 is 1.37 bits per heavy atom. The first-order chi connectivity index (χ1) is 8.68. The van der Waals surface area contributed by atoms with Crippen molar-refractivity contribution < 1.29 is 22.4 Å². The summed E-state index contributed by atoms with van der Waals surface area (Å²) in [4.78, 5) is 11.7. The van der Waals surface area contributed by atoms with E-state index in [9.17, 15) is 22.4 Å². The standard InChI is InChI=1S/C13H15F4NO/c1-5(2)7(4)18-13(19)8-11(16)9(14)6(3)10(15)12(8)17/h5,7H,1-4H3,(H,18,19). The maximum atomic E-state index is 13.6. The van der Waals surface area contributed by atoms with Gasteiger partial charge in [0, 0.05) is 11.6 Å². The normalized spacial score (nSPS) is 12.7. The van der Waals surface area contributed by atoms with Crippen LogP contribution in [0.4, 0.5) is 17.6 Å². The summed E-state index contributed by atoms with van der Waals surface area (Å²) in [6, 6.07) is -0.390. The molecule has 0 radical (unpaired) electrons. The summed E-state index contributed by atoms with van der Waals surface area (Å²) in [5.74, 6) is -7.62. The van der Waals surface area contributed by atoms with Crippen LogP contribution in [0.2, 0.25) is 0 Å². The molecule has 19 heavy (non-hydrogen) atoms. The van der Waals surface area contributed by atoms with Gasteiger partial charge in [0.25, 0.3) is 5.91 Å². The molecule has 0 aliphatic rings. The van der Waals surface area contributed by atoms with E-state index in [1.54, 1.807) is 20.8 Å². The number of amides is 1. The Kier molecular flexibility index (Phi) is 4.55. The van der Waals surface area contributed by atoms with Crippen molar-refractivity contribution >= 4 is 5.91 Å². The maximum Gasteiger partial charge on any atom is 0.257 e. The van der Waals surface area contributed by atoms with E-state index in [2.05, 4.69) is 5.32 Å². The summed E-state index contributed by atoms with van der Waals surface area (Å²) in [6.07, 6.45) is 0. The SMILES string of the molecule is Cc1c(F)c(F)c(C(=O)NC(C)C(C)C)c(F)c1F. The summed E-state index contributed by atoms with van der Waals surface area (Å²) in [6.45, 7) is 6.09. The minimum atomic E-state index is -1.68. The number of rotatable bonds is 3. The zero-order valence-corrected chi connectivity index (χ0v) is 11.1. The molecule has 1 aromatic rings. The molecule has 0 heterocycles. The fourth-order valence-electron chi connectivity index (χ4n) is 1.39. The lowest BCUT2D eigenvalue weighted by atomic mass is 10.0. The molecule has 1 aromatic carbocycles. The smallest absolute Gasteiger partial charge is 0.257 e. The molecule has 0 aromatic heterocycles. The van der Waals surface area contributed by atoms with Gasteiger partial charge >= 0.3 is 0 Å². The molecule has 1 unspecified atom stereocenters. The highest BCUT2D eigenvalue weighted by atomic mass is 19.2. The van der Waals surface area contributed by atoms with Crippen molar-refractivity contribution in [3.8, 4) is 0 Å². The summed E-state index contributed by atoms with van der Waals surface area (Å²) in [5.41, 5.74) is -2.02. The van der Waals surface area contributed by atoms with Gasteiger partial charge in [-0.25, -0.2) is 17.6 Å². The lowest BCUT2D eigenvalue weighted by molar-refractivity contribution is 0.0919. The number of nitrogens with one attached hydrogen (secondary N) is 1. The first-order valence-electron chi connectivity index (χ1n) is 5.81. The van der Waals surface area contributed by atoms with Crippen LogP contribution in [0, 0.1) is 36.1 Å². The lowest BCUT2D eigenvalue weighted by Gasteiger charge is -2.18. The second-order valence-electron chi connectivity index (χ2n) is 4.76. The second kappa shape index (κ2) is 5.59. The second-order valence-corrected chi connectivity index (χ2v) is 4.76. The van der Waals surface area contributed by atoms with Gasteiger partial charge in [-0.3, -0.25) is 4.79 Å². The molecule has 0 aliphatic carbocycles. The van der Waals surface area contributed by atoms with Crippen LogP contribution < -0.4 is 5.32 Å². The number of carbonyl (C=O) groups excluding carboxylic acids is 1. The van der Waals surface area contributed by atoms with Crippen molar-refractivity contribution in [2.75, 3.05) is 0 Å². The van der Waals surface area contributed by atoms with E-state index < -0.39 is 46.3 Å². The molecule has 0 spiro atoms. The predicted octanol–water partition coefficient (Wildman–Crippen LogP) is 3.33. The third-order valence-corrected chi connectivity index (χ3v) is 3.07. The Morgan fingerprint density at radius 1 is 0.947 bits per heavy atom. The highest BCUT2D eigenvalue weighted by molar-refractivity contribution is 5.95. The van der Waals surface area contributed by atoms with Gasteiger partial charge in [-0.15, -0.1) is 0 Å². The van der Waals surface area contributed by atoms with Crippen LogP contribution in [-0.2, 0) is 0 Å². The quantitative estimate of drug-likeness (QED) is 0.666. The highest BCUT2D eigenvalue weighted by Gasteiger charge is 2.28. The zero-order chi connectivity index (χ0) is 14.9. The van der Waals surface area contributed by atoms with Crippen molar-refractivity contribution in [1.82, 2.24) is 5.32 Å². The molecule has 1 atom stereocenters. The first-order valence-corrected chi connectivity index (χ1v) is 5.81. The van der Waals surface area contributed by atoms with E-state index in [1.165, 1.54) is 0 Å². The van der Waals surface area contributed by atoms with Crippen LogP contribution in [0.5, 0.6) is 0 Å². The predicted molar refractivity (Wildman–Crippen MR) is 62.8 cm³/mol. The van der Waals surface area contributed by atoms with E-state index in [0.717, 1.165) is 6.92 Å². The number of carbonyl (C=O) groups is 1. The summed E-state index contributed by atoms with van der Waals surface area (Å²) in [7, 11) is 0. The Balaban J connectivity index is 3.25. The lowest BCUT2D eigenvalue weighted by Crippen LogP contribution is -2.37. The van der Waals surface area contributed by atoms with E-state index in [1.807, 2.05) is 0 Å². The van der Waals surface area contributed by atoms with Crippen molar-refractivity contribution in [1.29, 1.82) is 0 Å². The van der Waals surface area contributed by atoms with E-state index in [4.69, 9.17) is 0 Å². The summed E-state index contributed by atoms with van der Waals surface area (Å²) < 4.78 is 53.8. The van der Waals surface area contributed by atoms with Crippen LogP contribution in [0.15, 0.2) is 0 Å². The van der Waals surface area contributed by atoms with E-state index in [0.29, 0.717) is 0 Å². The fraction of sp³-hybridized carbons (Fsp3) is 0.462. The molecule has 6 heteroatoms. The van der Waals surface area contributed by atoms with E-state index in [-0.39, 0.29) is 5.92 Å². The average Bonchev–Trinajstić information content (AvgIpc) is 2.34. The van der Waals surface area contributed by atoms with Crippen LogP contribution in [0.3, 0.4) is 0 Å². The van der Waals surface area contributed by atoms with Crippen molar-refractivity contribution in [2.45, 2.75) is 33.7 Å². The van der Waals surface area contributed by atoms with Crippen LogP contribution in [0.25, 0.3) is 0 Å². The molecule has 106 valence electrons. The first kappa shape index (κ1) is 15.5. The molecule has 1 amide bonds. The van der Waals surface area contributed by atoms with Gasteiger partial charge in [-0.1, -0.05) is 13.8 Å². The van der Waals surface area contributed by atoms with Crippen molar-refractivity contribution in [3.05, 3.63) is 34.4 Å². The minimum absolute atomic E-state index is 0.00946. The molecule has 1 rings (SSSR count). The number of halogens is 4. The third-order valence-electron chi connectivity index (χ3n) is 3.07. The summed E-state index contributed by atoms with van der Waals surface area (Å²) >= 11 is 0. The van der Waals surface area contributed by atoms with E-state index >= 15 is 0 Å². The van der Waals surface area contributed by atoms with Gasteiger partial charge in [0.05, 0.1) is 0 Å². The molecule has 0 aliphatic heterocycles. The van der Waals surface area contributed by atoms with Crippen LogP contribution >= 0.6 is 0 Å². The molecule has 1 N–H and O–H groups in total. The Bertz CT molecular complexity index is 485.